The topological polar surface area (TPSA) is 72.5 Å². The number of halogens is 2. The number of nitrogens with one attached hydrogen (secondary N) is 1. The predicted molar refractivity (Wildman–Crippen MR) is 99.6 cm³/mol. The number of carbonyl (C=O) groups excluding carboxylic acids is 1. The van der Waals surface area contributed by atoms with Gasteiger partial charge in [0, 0.05) is 17.7 Å². The summed E-state index contributed by atoms with van der Waals surface area (Å²) in [5.74, 6) is -0.485. The molecule has 8 heteroatoms. The molecule has 0 spiro atoms. The molecule has 3 rings (SSSR count). The van der Waals surface area contributed by atoms with E-state index < -0.39 is 21.5 Å². The molecule has 1 aliphatic rings. The van der Waals surface area contributed by atoms with Gasteiger partial charge in [0.2, 0.25) is 15.8 Å². The predicted octanol–water partition coefficient (Wildman–Crippen LogP) is 3.74. The number of carbonyl (C=O) groups is 1. The van der Waals surface area contributed by atoms with Gasteiger partial charge in [-0.25, -0.2) is 8.42 Å². The van der Waals surface area contributed by atoms with E-state index in [1.807, 2.05) is 0 Å². The van der Waals surface area contributed by atoms with Crippen LogP contribution >= 0.6 is 23.2 Å². The largest absolute Gasteiger partial charge is 0.350 e. The number of Topliss-reactive ketones (excluding diaryl/α,β-unsaturated/α-hetero) is 1. The Kier molecular flexibility index (Phi) is 5.23. The maximum Gasteiger partial charge on any atom is 0.243 e. The number of fused-ring (bicyclic) bond motifs is 1. The van der Waals surface area contributed by atoms with E-state index in [0.29, 0.717) is 5.56 Å². The number of rotatable bonds is 5. The molecule has 2 aromatic rings. The maximum atomic E-state index is 12.9. The standard InChI is InChI=1S/C18H15Cl2NO4S/c1-2-25-18(21-26(23,24)12-8-4-3-5-9-12)14-11-7-6-10-13(14)16(22)15(19)17(18)20/h3-11,21H,2H2,1H3. The van der Waals surface area contributed by atoms with Crippen LogP contribution in [0.3, 0.4) is 0 Å². The van der Waals surface area contributed by atoms with Crippen molar-refractivity contribution in [3.63, 3.8) is 0 Å². The minimum Gasteiger partial charge on any atom is -0.350 e. The van der Waals surface area contributed by atoms with E-state index >= 15 is 0 Å². The SMILES string of the molecule is CCOC1(NS(=O)(=O)c2ccccc2)C(Cl)=C(Cl)C(=O)c2ccccc21. The average Bonchev–Trinajstić information content (AvgIpc) is 2.65. The highest BCUT2D eigenvalue weighted by molar-refractivity contribution is 7.89. The molecule has 1 atom stereocenters. The summed E-state index contributed by atoms with van der Waals surface area (Å²) in [4.78, 5) is 12.5. The normalized spacial score (nSPS) is 20.2. The summed E-state index contributed by atoms with van der Waals surface area (Å²) in [6, 6.07) is 14.3. The van der Waals surface area contributed by atoms with Crippen molar-refractivity contribution in [1.82, 2.24) is 4.72 Å². The van der Waals surface area contributed by atoms with E-state index in [0.717, 1.165) is 0 Å². The zero-order chi connectivity index (χ0) is 18.9. The van der Waals surface area contributed by atoms with E-state index in [4.69, 9.17) is 27.9 Å². The summed E-state index contributed by atoms with van der Waals surface area (Å²) in [6.45, 7) is 1.82. The summed E-state index contributed by atoms with van der Waals surface area (Å²) in [7, 11) is -4.02. The zero-order valence-electron chi connectivity index (χ0n) is 13.7. The van der Waals surface area contributed by atoms with Crippen LogP contribution in [-0.4, -0.2) is 20.8 Å². The second-order valence-corrected chi connectivity index (χ2v) is 7.97. The molecule has 2 aromatic carbocycles. The van der Waals surface area contributed by atoms with Gasteiger partial charge in [-0.05, 0) is 19.1 Å². The Morgan fingerprint density at radius 2 is 1.65 bits per heavy atom. The third kappa shape index (κ3) is 3.08. The summed E-state index contributed by atoms with van der Waals surface area (Å²) >= 11 is 12.5. The lowest BCUT2D eigenvalue weighted by molar-refractivity contribution is -0.0195. The first kappa shape index (κ1) is 19.1. The first-order chi connectivity index (χ1) is 12.3. The molecule has 0 saturated heterocycles. The molecular weight excluding hydrogens is 397 g/mol. The quantitative estimate of drug-likeness (QED) is 0.760. The summed E-state index contributed by atoms with van der Waals surface area (Å²) in [6.07, 6.45) is 0. The molecule has 1 aliphatic carbocycles. The monoisotopic (exact) mass is 411 g/mol. The minimum absolute atomic E-state index is 0.0362. The first-order valence-corrected chi connectivity index (χ1v) is 10.0. The van der Waals surface area contributed by atoms with E-state index in [9.17, 15) is 13.2 Å². The first-order valence-electron chi connectivity index (χ1n) is 7.76. The van der Waals surface area contributed by atoms with Gasteiger partial charge in [0.15, 0.2) is 5.72 Å². The molecule has 0 saturated carbocycles. The van der Waals surface area contributed by atoms with Crippen LogP contribution < -0.4 is 4.72 Å². The zero-order valence-corrected chi connectivity index (χ0v) is 16.0. The number of allylic oxidation sites excluding steroid dienone is 1. The Hall–Kier alpha value is -1.70. The van der Waals surface area contributed by atoms with E-state index in [-0.39, 0.29) is 27.1 Å². The highest BCUT2D eigenvalue weighted by Crippen LogP contribution is 2.44. The van der Waals surface area contributed by atoms with Gasteiger partial charge in [-0.3, -0.25) is 4.79 Å². The Bertz CT molecular complexity index is 989. The van der Waals surface area contributed by atoms with Crippen LogP contribution in [0.25, 0.3) is 0 Å². The third-order valence-electron chi connectivity index (χ3n) is 3.94. The average molecular weight is 412 g/mol. The molecule has 0 fully saturated rings. The maximum absolute atomic E-state index is 12.9. The van der Waals surface area contributed by atoms with Crippen LogP contribution in [0.15, 0.2) is 69.6 Å². The van der Waals surface area contributed by atoms with Crippen LogP contribution in [0.5, 0.6) is 0 Å². The molecule has 0 bridgehead atoms. The summed E-state index contributed by atoms with van der Waals surface area (Å²) in [5, 5.41) is -0.501. The van der Waals surface area contributed by atoms with Crippen molar-refractivity contribution in [3.8, 4) is 0 Å². The highest BCUT2D eigenvalue weighted by atomic mass is 35.5. The van der Waals surface area contributed by atoms with E-state index in [1.54, 1.807) is 49.4 Å². The number of ether oxygens (including phenoxy) is 1. The molecule has 136 valence electrons. The van der Waals surface area contributed by atoms with Crippen molar-refractivity contribution in [2.45, 2.75) is 17.5 Å². The molecule has 0 amide bonds. The van der Waals surface area contributed by atoms with E-state index in [2.05, 4.69) is 4.72 Å². The Morgan fingerprint density at radius 1 is 1.04 bits per heavy atom. The summed E-state index contributed by atoms with van der Waals surface area (Å²) in [5.41, 5.74) is -1.26. The fourth-order valence-corrected chi connectivity index (χ4v) is 4.68. The molecule has 5 nitrogen and oxygen atoms in total. The molecule has 1 unspecified atom stereocenters. The van der Waals surface area contributed by atoms with Crippen LogP contribution in [0.2, 0.25) is 0 Å². The van der Waals surface area contributed by atoms with Gasteiger partial charge in [0.1, 0.15) is 5.03 Å². The van der Waals surface area contributed by atoms with Crippen LogP contribution in [0, 0.1) is 0 Å². The second kappa shape index (κ2) is 7.13. The molecule has 0 aliphatic heterocycles. The van der Waals surface area contributed by atoms with Crippen LogP contribution in [0.4, 0.5) is 0 Å². The molecule has 0 heterocycles. The van der Waals surface area contributed by atoms with Crippen molar-refractivity contribution < 1.29 is 17.9 Å². The lowest BCUT2D eigenvalue weighted by Crippen LogP contribution is -2.51. The molecule has 1 N–H and O–H groups in total. The number of hydrogen-bond donors (Lipinski definition) is 1. The van der Waals surface area contributed by atoms with Crippen LogP contribution in [-0.2, 0) is 20.5 Å². The number of benzene rings is 2. The van der Waals surface area contributed by atoms with Gasteiger partial charge in [0.25, 0.3) is 0 Å². The Balaban J connectivity index is 2.23. The number of hydrogen-bond acceptors (Lipinski definition) is 4. The summed E-state index contributed by atoms with van der Waals surface area (Å²) < 4.78 is 34.1. The Morgan fingerprint density at radius 3 is 2.31 bits per heavy atom. The van der Waals surface area contributed by atoms with Gasteiger partial charge in [-0.1, -0.05) is 65.7 Å². The van der Waals surface area contributed by atoms with Gasteiger partial charge in [-0.2, -0.15) is 4.72 Å². The minimum atomic E-state index is -4.02. The highest BCUT2D eigenvalue weighted by Gasteiger charge is 2.48. The Labute approximate surface area is 161 Å². The van der Waals surface area contributed by atoms with Gasteiger partial charge in [-0.15, -0.1) is 0 Å². The smallest absolute Gasteiger partial charge is 0.243 e. The van der Waals surface area contributed by atoms with Crippen molar-refractivity contribution in [1.29, 1.82) is 0 Å². The third-order valence-corrected chi connectivity index (χ3v) is 6.31. The van der Waals surface area contributed by atoms with E-state index in [1.165, 1.54) is 12.1 Å². The van der Waals surface area contributed by atoms with Crippen LogP contribution in [0.1, 0.15) is 22.8 Å². The molecule has 0 aromatic heterocycles. The molecule has 0 radical (unpaired) electrons. The second-order valence-electron chi connectivity index (χ2n) is 5.54. The van der Waals surface area contributed by atoms with Gasteiger partial charge < -0.3 is 4.74 Å². The lowest BCUT2D eigenvalue weighted by atomic mass is 9.89. The van der Waals surface area contributed by atoms with Crippen molar-refractivity contribution >= 4 is 39.0 Å². The van der Waals surface area contributed by atoms with Crippen molar-refractivity contribution in [2.75, 3.05) is 6.61 Å². The van der Waals surface area contributed by atoms with Gasteiger partial charge in [0.05, 0.1) is 9.93 Å². The van der Waals surface area contributed by atoms with Gasteiger partial charge >= 0.3 is 0 Å². The fraction of sp³-hybridized carbons (Fsp3) is 0.167. The fourth-order valence-electron chi connectivity index (χ4n) is 2.81. The molecule has 26 heavy (non-hydrogen) atoms. The molecular formula is C18H15Cl2NO4S. The lowest BCUT2D eigenvalue weighted by Gasteiger charge is -2.38. The number of sulfonamides is 1. The van der Waals surface area contributed by atoms with Crippen molar-refractivity contribution in [3.05, 3.63) is 75.8 Å². The van der Waals surface area contributed by atoms with Crippen molar-refractivity contribution in [2.24, 2.45) is 0 Å². The number of ketones is 1.